The van der Waals surface area contributed by atoms with E-state index >= 15 is 0 Å². The maximum absolute atomic E-state index is 14.2. The Balaban J connectivity index is 1.95. The second-order valence-corrected chi connectivity index (χ2v) is 9.04. The molecule has 1 heterocycles. The van der Waals surface area contributed by atoms with Crippen LogP contribution in [0.25, 0.3) is 0 Å². The van der Waals surface area contributed by atoms with E-state index in [0.717, 1.165) is 5.56 Å². The second-order valence-electron chi connectivity index (χ2n) is 6.99. The molecular formula is C20H15BrCl3F3N2O. The summed E-state index contributed by atoms with van der Waals surface area (Å²) in [7, 11) is 0. The summed E-state index contributed by atoms with van der Waals surface area (Å²) < 4.78 is 43.4. The Kier molecular flexibility index (Phi) is 6.77. The largest absolute Gasteiger partial charge is 0.400 e. The highest BCUT2D eigenvalue weighted by Gasteiger charge is 2.58. The van der Waals surface area contributed by atoms with Crippen molar-refractivity contribution >= 4 is 62.4 Å². The SMILES string of the molecule is CC(=O)NCc1ccc(C2=NCC(c3cc(Cl)c(Cl)c(Cl)c3)(C(F)(F)F)C2)cc1Br. The summed E-state index contributed by atoms with van der Waals surface area (Å²) in [6.45, 7) is 1.23. The van der Waals surface area contributed by atoms with E-state index in [0.29, 0.717) is 22.3 Å². The summed E-state index contributed by atoms with van der Waals surface area (Å²) in [5, 5.41) is 2.61. The third kappa shape index (κ3) is 4.49. The average molecular weight is 543 g/mol. The summed E-state index contributed by atoms with van der Waals surface area (Å²) in [4.78, 5) is 15.3. The highest BCUT2D eigenvalue weighted by atomic mass is 79.9. The van der Waals surface area contributed by atoms with Gasteiger partial charge in [-0.25, -0.2) is 0 Å². The van der Waals surface area contributed by atoms with Crippen molar-refractivity contribution in [1.82, 2.24) is 5.32 Å². The Hall–Kier alpha value is -1.28. The van der Waals surface area contributed by atoms with E-state index in [2.05, 4.69) is 26.2 Å². The first-order valence-corrected chi connectivity index (χ1v) is 10.7. The van der Waals surface area contributed by atoms with Crippen LogP contribution >= 0.6 is 50.7 Å². The first kappa shape index (κ1) is 23.4. The minimum Gasteiger partial charge on any atom is -0.352 e. The maximum atomic E-state index is 14.2. The predicted molar refractivity (Wildman–Crippen MR) is 117 cm³/mol. The van der Waals surface area contributed by atoms with E-state index in [-0.39, 0.29) is 33.0 Å². The molecule has 0 aromatic heterocycles. The molecule has 0 radical (unpaired) electrons. The third-order valence-electron chi connectivity index (χ3n) is 5.00. The number of amides is 1. The minimum absolute atomic E-state index is 0.0113. The van der Waals surface area contributed by atoms with Crippen LogP contribution in [0.5, 0.6) is 0 Å². The predicted octanol–water partition coefficient (Wildman–Crippen LogP) is 6.74. The van der Waals surface area contributed by atoms with Gasteiger partial charge in [-0.05, 0) is 34.9 Å². The van der Waals surface area contributed by atoms with Gasteiger partial charge >= 0.3 is 6.18 Å². The normalized spacial score (nSPS) is 19.0. The van der Waals surface area contributed by atoms with E-state index in [1.165, 1.54) is 19.1 Å². The van der Waals surface area contributed by atoms with E-state index < -0.39 is 18.1 Å². The number of hydrogen-bond donors (Lipinski definition) is 1. The zero-order valence-electron chi connectivity index (χ0n) is 15.5. The summed E-state index contributed by atoms with van der Waals surface area (Å²) in [6.07, 6.45) is -4.94. The summed E-state index contributed by atoms with van der Waals surface area (Å²) >= 11 is 21.3. The fourth-order valence-corrected chi connectivity index (χ4v) is 4.41. The smallest absolute Gasteiger partial charge is 0.352 e. The van der Waals surface area contributed by atoms with Gasteiger partial charge in [0.1, 0.15) is 5.41 Å². The van der Waals surface area contributed by atoms with Crippen molar-refractivity contribution in [2.75, 3.05) is 6.54 Å². The number of halogens is 7. The van der Waals surface area contributed by atoms with Crippen LogP contribution in [0.3, 0.4) is 0 Å². The molecule has 0 fully saturated rings. The number of hydrogen-bond acceptors (Lipinski definition) is 2. The zero-order valence-corrected chi connectivity index (χ0v) is 19.4. The molecule has 0 saturated carbocycles. The van der Waals surface area contributed by atoms with Gasteiger partial charge in [-0.2, -0.15) is 13.2 Å². The van der Waals surface area contributed by atoms with Crippen molar-refractivity contribution in [1.29, 1.82) is 0 Å². The monoisotopic (exact) mass is 540 g/mol. The zero-order chi connectivity index (χ0) is 22.3. The fraction of sp³-hybridized carbons (Fsp3) is 0.300. The number of rotatable bonds is 4. The van der Waals surface area contributed by atoms with Gasteiger partial charge in [-0.1, -0.05) is 62.9 Å². The lowest BCUT2D eigenvalue weighted by atomic mass is 9.76. The topological polar surface area (TPSA) is 41.5 Å². The lowest BCUT2D eigenvalue weighted by molar-refractivity contribution is -0.183. The molecule has 0 saturated heterocycles. The fourth-order valence-electron chi connectivity index (χ4n) is 3.29. The Morgan fingerprint density at radius 2 is 1.83 bits per heavy atom. The molecule has 2 aromatic carbocycles. The number of carbonyl (C=O) groups excluding carboxylic acids is 1. The first-order valence-electron chi connectivity index (χ1n) is 8.73. The first-order chi connectivity index (χ1) is 13.9. The van der Waals surface area contributed by atoms with Crippen molar-refractivity contribution in [2.24, 2.45) is 4.99 Å². The number of alkyl halides is 3. The van der Waals surface area contributed by atoms with Gasteiger partial charge in [0.2, 0.25) is 5.91 Å². The number of carbonyl (C=O) groups is 1. The molecule has 0 bridgehead atoms. The highest BCUT2D eigenvalue weighted by Crippen LogP contribution is 2.49. The lowest BCUT2D eigenvalue weighted by Gasteiger charge is -2.32. The van der Waals surface area contributed by atoms with Crippen LogP contribution in [0, 0.1) is 0 Å². The van der Waals surface area contributed by atoms with Gasteiger partial charge in [-0.15, -0.1) is 0 Å². The molecule has 160 valence electrons. The van der Waals surface area contributed by atoms with Crippen molar-refractivity contribution in [3.8, 4) is 0 Å². The van der Waals surface area contributed by atoms with Crippen LogP contribution in [-0.4, -0.2) is 24.3 Å². The molecule has 0 spiro atoms. The number of aliphatic imine (C=N–C) groups is 1. The molecule has 1 unspecified atom stereocenters. The molecule has 30 heavy (non-hydrogen) atoms. The van der Waals surface area contributed by atoms with E-state index in [9.17, 15) is 18.0 Å². The Labute approximate surface area is 194 Å². The summed E-state index contributed by atoms with van der Waals surface area (Å²) in [5.74, 6) is -0.179. The van der Waals surface area contributed by atoms with Crippen molar-refractivity contribution < 1.29 is 18.0 Å². The molecule has 1 atom stereocenters. The van der Waals surface area contributed by atoms with Crippen LogP contribution in [0.4, 0.5) is 13.2 Å². The molecule has 3 rings (SSSR count). The second kappa shape index (κ2) is 8.69. The van der Waals surface area contributed by atoms with Gasteiger partial charge < -0.3 is 5.32 Å². The summed E-state index contributed by atoms with van der Waals surface area (Å²) in [6, 6.07) is 7.53. The molecule has 1 amide bonds. The standard InChI is InChI=1S/C20H15BrCl3F3N2O/c1-10(30)28-8-12-3-2-11(4-14(12)21)17-7-19(9-29-17,20(25,26)27)13-5-15(22)18(24)16(23)6-13/h2-6H,7-9H2,1H3,(H,28,30). The van der Waals surface area contributed by atoms with Crippen molar-refractivity contribution in [2.45, 2.75) is 31.5 Å². The van der Waals surface area contributed by atoms with Crippen molar-refractivity contribution in [3.05, 3.63) is 66.6 Å². The van der Waals surface area contributed by atoms with E-state index in [1.807, 2.05) is 0 Å². The van der Waals surface area contributed by atoms with E-state index in [4.69, 9.17) is 34.8 Å². The van der Waals surface area contributed by atoms with Crippen LogP contribution < -0.4 is 5.32 Å². The quantitative estimate of drug-likeness (QED) is 0.428. The number of nitrogens with zero attached hydrogens (tertiary/aromatic N) is 1. The number of benzene rings is 2. The van der Waals surface area contributed by atoms with Gasteiger partial charge in [0.15, 0.2) is 0 Å². The van der Waals surface area contributed by atoms with Crippen LogP contribution in [0.15, 0.2) is 39.8 Å². The van der Waals surface area contributed by atoms with Gasteiger partial charge in [-0.3, -0.25) is 9.79 Å². The molecular weight excluding hydrogens is 527 g/mol. The van der Waals surface area contributed by atoms with Crippen LogP contribution in [0.1, 0.15) is 30.0 Å². The Morgan fingerprint density at radius 3 is 2.37 bits per heavy atom. The molecule has 1 aliphatic rings. The van der Waals surface area contributed by atoms with Gasteiger partial charge in [0.05, 0.1) is 21.6 Å². The molecule has 1 aliphatic heterocycles. The van der Waals surface area contributed by atoms with E-state index in [1.54, 1.807) is 18.2 Å². The number of nitrogens with one attached hydrogen (secondary N) is 1. The minimum atomic E-state index is -4.58. The molecule has 1 N–H and O–H groups in total. The Morgan fingerprint density at radius 1 is 1.20 bits per heavy atom. The van der Waals surface area contributed by atoms with Gasteiger partial charge in [0, 0.05) is 30.1 Å². The third-order valence-corrected chi connectivity index (χ3v) is 6.94. The highest BCUT2D eigenvalue weighted by molar-refractivity contribution is 9.10. The molecule has 2 aromatic rings. The van der Waals surface area contributed by atoms with Crippen molar-refractivity contribution in [3.63, 3.8) is 0 Å². The average Bonchev–Trinajstić information content (AvgIpc) is 3.11. The van der Waals surface area contributed by atoms with Gasteiger partial charge in [0.25, 0.3) is 0 Å². The summed E-state index contributed by atoms with van der Waals surface area (Å²) in [5.41, 5.74) is -0.644. The van der Waals surface area contributed by atoms with Crippen LogP contribution in [-0.2, 0) is 16.8 Å². The molecule has 0 aliphatic carbocycles. The molecule has 10 heteroatoms. The Bertz CT molecular complexity index is 1020. The lowest BCUT2D eigenvalue weighted by Crippen LogP contribution is -2.43. The van der Waals surface area contributed by atoms with Crippen LogP contribution in [0.2, 0.25) is 15.1 Å². The molecule has 3 nitrogen and oxygen atoms in total. The maximum Gasteiger partial charge on any atom is 0.400 e.